The minimum atomic E-state index is -0.121. The zero-order valence-electron chi connectivity index (χ0n) is 16.0. The maximum absolute atomic E-state index is 12.7. The SMILES string of the molecule is Cc1ccc(C(=O)Nc2nc(C)c(C)s2)c(NCCCCCCCN)c1. The molecule has 0 saturated heterocycles. The lowest BCUT2D eigenvalue weighted by molar-refractivity contribution is 0.102. The first-order valence-electron chi connectivity index (χ1n) is 9.31. The third kappa shape index (κ3) is 6.11. The largest absolute Gasteiger partial charge is 0.384 e. The molecule has 2 rings (SSSR count). The summed E-state index contributed by atoms with van der Waals surface area (Å²) < 4.78 is 0. The summed E-state index contributed by atoms with van der Waals surface area (Å²) in [6.07, 6.45) is 5.78. The Kier molecular flexibility index (Phi) is 8.06. The maximum atomic E-state index is 12.7. The molecule has 0 atom stereocenters. The second-order valence-electron chi connectivity index (χ2n) is 6.65. The lowest BCUT2D eigenvalue weighted by Gasteiger charge is -2.12. The summed E-state index contributed by atoms with van der Waals surface area (Å²) in [6, 6.07) is 5.87. The van der Waals surface area contributed by atoms with E-state index < -0.39 is 0 Å². The van der Waals surface area contributed by atoms with Crippen LogP contribution < -0.4 is 16.4 Å². The number of aromatic nitrogens is 1. The van der Waals surface area contributed by atoms with E-state index in [1.807, 2.05) is 39.0 Å². The number of thiazole rings is 1. The number of carbonyl (C=O) groups is 1. The van der Waals surface area contributed by atoms with Crippen LogP contribution in [0.1, 0.15) is 58.6 Å². The predicted molar refractivity (Wildman–Crippen MR) is 111 cm³/mol. The smallest absolute Gasteiger partial charge is 0.259 e. The highest BCUT2D eigenvalue weighted by molar-refractivity contribution is 7.15. The molecule has 0 radical (unpaired) electrons. The molecular weight excluding hydrogens is 344 g/mol. The molecule has 1 heterocycles. The lowest BCUT2D eigenvalue weighted by atomic mass is 10.1. The molecule has 142 valence electrons. The first-order valence-corrected chi connectivity index (χ1v) is 10.1. The van der Waals surface area contributed by atoms with Gasteiger partial charge in [0.15, 0.2) is 5.13 Å². The van der Waals surface area contributed by atoms with E-state index in [2.05, 4.69) is 15.6 Å². The molecule has 6 heteroatoms. The molecule has 0 aliphatic carbocycles. The highest BCUT2D eigenvalue weighted by atomic mass is 32.1. The average molecular weight is 375 g/mol. The standard InChI is InChI=1S/C20H30N4OS/c1-14-9-10-17(19(25)24-20-23-15(2)16(3)26-20)18(13-14)22-12-8-6-4-5-7-11-21/h9-10,13,22H,4-8,11-12,21H2,1-3H3,(H,23,24,25). The second-order valence-corrected chi connectivity index (χ2v) is 7.85. The summed E-state index contributed by atoms with van der Waals surface area (Å²) in [7, 11) is 0. The molecule has 0 fully saturated rings. The van der Waals surface area contributed by atoms with Crippen LogP contribution in [0, 0.1) is 20.8 Å². The normalized spacial score (nSPS) is 10.8. The topological polar surface area (TPSA) is 80.0 Å². The minimum absolute atomic E-state index is 0.121. The third-order valence-electron chi connectivity index (χ3n) is 4.37. The molecule has 0 unspecified atom stereocenters. The number of nitrogens with two attached hydrogens (primary N) is 1. The van der Waals surface area contributed by atoms with Gasteiger partial charge in [-0.05, 0) is 57.9 Å². The van der Waals surface area contributed by atoms with Gasteiger partial charge in [-0.3, -0.25) is 10.1 Å². The molecular formula is C20H30N4OS. The van der Waals surface area contributed by atoms with Gasteiger partial charge in [-0.25, -0.2) is 4.98 Å². The number of amides is 1. The number of benzene rings is 1. The Morgan fingerprint density at radius 2 is 1.85 bits per heavy atom. The molecule has 2 aromatic rings. The van der Waals surface area contributed by atoms with Crippen LogP contribution in [-0.2, 0) is 0 Å². The van der Waals surface area contributed by atoms with Gasteiger partial charge in [0.05, 0.1) is 11.3 Å². The summed E-state index contributed by atoms with van der Waals surface area (Å²) in [5, 5.41) is 7.00. The van der Waals surface area contributed by atoms with Gasteiger partial charge in [0.1, 0.15) is 0 Å². The highest BCUT2D eigenvalue weighted by Gasteiger charge is 2.14. The van der Waals surface area contributed by atoms with Crippen LogP contribution >= 0.6 is 11.3 Å². The fraction of sp³-hybridized carbons (Fsp3) is 0.500. The van der Waals surface area contributed by atoms with E-state index in [4.69, 9.17) is 5.73 Å². The number of unbranched alkanes of at least 4 members (excludes halogenated alkanes) is 4. The second kappa shape index (κ2) is 10.3. The molecule has 0 spiro atoms. The molecule has 1 amide bonds. The molecule has 1 aromatic carbocycles. The minimum Gasteiger partial charge on any atom is -0.384 e. The molecule has 5 nitrogen and oxygen atoms in total. The monoisotopic (exact) mass is 374 g/mol. The van der Waals surface area contributed by atoms with Gasteiger partial charge >= 0.3 is 0 Å². The van der Waals surface area contributed by atoms with Crippen molar-refractivity contribution in [3.05, 3.63) is 39.9 Å². The van der Waals surface area contributed by atoms with E-state index >= 15 is 0 Å². The molecule has 0 aliphatic rings. The van der Waals surface area contributed by atoms with Crippen LogP contribution in [0.4, 0.5) is 10.8 Å². The average Bonchev–Trinajstić information content (AvgIpc) is 2.91. The Labute approximate surface area is 160 Å². The molecule has 0 saturated carbocycles. The highest BCUT2D eigenvalue weighted by Crippen LogP contribution is 2.24. The van der Waals surface area contributed by atoms with Crippen LogP contribution in [0.25, 0.3) is 0 Å². The van der Waals surface area contributed by atoms with Crippen LogP contribution in [0.15, 0.2) is 18.2 Å². The van der Waals surface area contributed by atoms with Gasteiger partial charge < -0.3 is 11.1 Å². The number of anilines is 2. The molecule has 4 N–H and O–H groups in total. The predicted octanol–water partition coefficient (Wildman–Crippen LogP) is 4.64. The van der Waals surface area contributed by atoms with Crippen LogP contribution in [0.5, 0.6) is 0 Å². The van der Waals surface area contributed by atoms with E-state index in [9.17, 15) is 4.79 Å². The number of hydrogen-bond donors (Lipinski definition) is 3. The number of nitrogens with one attached hydrogen (secondary N) is 2. The lowest BCUT2D eigenvalue weighted by Crippen LogP contribution is -2.15. The van der Waals surface area contributed by atoms with Crippen LogP contribution in [-0.4, -0.2) is 24.0 Å². The number of carbonyl (C=O) groups excluding carboxylic acids is 1. The third-order valence-corrected chi connectivity index (χ3v) is 5.35. The van der Waals surface area contributed by atoms with E-state index in [0.29, 0.717) is 10.7 Å². The number of hydrogen-bond acceptors (Lipinski definition) is 5. The van der Waals surface area contributed by atoms with Crippen molar-refractivity contribution >= 4 is 28.1 Å². The first-order chi connectivity index (χ1) is 12.5. The zero-order chi connectivity index (χ0) is 18.9. The Balaban J connectivity index is 1.94. The number of nitrogens with zero attached hydrogens (tertiary/aromatic N) is 1. The van der Waals surface area contributed by atoms with Gasteiger partial charge in [-0.15, -0.1) is 11.3 Å². The van der Waals surface area contributed by atoms with Crippen molar-refractivity contribution in [2.45, 2.75) is 52.9 Å². The summed E-state index contributed by atoms with van der Waals surface area (Å²) in [5.74, 6) is -0.121. The number of rotatable bonds is 10. The van der Waals surface area contributed by atoms with Crippen molar-refractivity contribution in [3.8, 4) is 0 Å². The molecule has 0 aliphatic heterocycles. The Hall–Kier alpha value is -1.92. The fourth-order valence-corrected chi connectivity index (χ4v) is 3.53. The van der Waals surface area contributed by atoms with Crippen molar-refractivity contribution in [2.24, 2.45) is 5.73 Å². The van der Waals surface area contributed by atoms with Crippen molar-refractivity contribution < 1.29 is 4.79 Å². The molecule has 0 bridgehead atoms. The van der Waals surface area contributed by atoms with Crippen LogP contribution in [0.2, 0.25) is 0 Å². The Bertz CT molecular complexity index is 707. The van der Waals surface area contributed by atoms with E-state index in [0.717, 1.165) is 47.8 Å². The molecule has 1 aromatic heterocycles. The van der Waals surface area contributed by atoms with Crippen molar-refractivity contribution in [3.63, 3.8) is 0 Å². The first kappa shape index (κ1) is 20.4. The van der Waals surface area contributed by atoms with E-state index in [-0.39, 0.29) is 5.91 Å². The van der Waals surface area contributed by atoms with Crippen molar-refractivity contribution in [1.82, 2.24) is 4.98 Å². The molecule has 26 heavy (non-hydrogen) atoms. The summed E-state index contributed by atoms with van der Waals surface area (Å²) >= 11 is 1.50. The summed E-state index contributed by atoms with van der Waals surface area (Å²) in [5.41, 5.74) is 9.15. The summed E-state index contributed by atoms with van der Waals surface area (Å²) in [4.78, 5) is 18.2. The Morgan fingerprint density at radius 1 is 1.12 bits per heavy atom. The van der Waals surface area contributed by atoms with E-state index in [1.165, 1.54) is 30.6 Å². The van der Waals surface area contributed by atoms with Crippen LogP contribution in [0.3, 0.4) is 0 Å². The van der Waals surface area contributed by atoms with Crippen molar-refractivity contribution in [2.75, 3.05) is 23.7 Å². The van der Waals surface area contributed by atoms with Gasteiger partial charge in [-0.2, -0.15) is 0 Å². The van der Waals surface area contributed by atoms with Gasteiger partial charge in [0.2, 0.25) is 0 Å². The number of aryl methyl sites for hydroxylation is 3. The van der Waals surface area contributed by atoms with Gasteiger partial charge in [0, 0.05) is 17.1 Å². The zero-order valence-corrected chi connectivity index (χ0v) is 16.8. The van der Waals surface area contributed by atoms with Gasteiger partial charge in [-0.1, -0.05) is 25.3 Å². The fourth-order valence-electron chi connectivity index (χ4n) is 2.72. The van der Waals surface area contributed by atoms with Crippen molar-refractivity contribution in [1.29, 1.82) is 0 Å². The summed E-state index contributed by atoms with van der Waals surface area (Å²) in [6.45, 7) is 7.64. The quantitative estimate of drug-likeness (QED) is 0.529. The van der Waals surface area contributed by atoms with Gasteiger partial charge in [0.25, 0.3) is 5.91 Å². The Morgan fingerprint density at radius 3 is 2.54 bits per heavy atom. The van der Waals surface area contributed by atoms with E-state index in [1.54, 1.807) is 0 Å². The maximum Gasteiger partial charge on any atom is 0.259 e.